The van der Waals surface area contributed by atoms with Crippen LogP contribution in [0.5, 0.6) is 0 Å². The number of nitrogens with zero attached hydrogens (tertiary/aromatic N) is 2. The minimum Gasteiger partial charge on any atom is -0.444 e. The maximum atomic E-state index is 11.9. The van der Waals surface area contributed by atoms with E-state index in [1.165, 1.54) is 0 Å². The van der Waals surface area contributed by atoms with Gasteiger partial charge in [0.15, 0.2) is 0 Å². The second-order valence-electron chi connectivity index (χ2n) is 5.36. The molecule has 1 unspecified atom stereocenters. The van der Waals surface area contributed by atoms with Crippen LogP contribution in [0.2, 0.25) is 0 Å². The summed E-state index contributed by atoms with van der Waals surface area (Å²) in [5.41, 5.74) is -0.000137. The first-order valence-corrected chi connectivity index (χ1v) is 5.63. The highest BCUT2D eigenvalue weighted by atomic mass is 16.6. The van der Waals surface area contributed by atoms with Gasteiger partial charge < -0.3 is 14.4 Å². The first kappa shape index (κ1) is 12.1. The monoisotopic (exact) mass is 238 g/mol. The van der Waals surface area contributed by atoms with Crippen molar-refractivity contribution in [1.82, 2.24) is 4.90 Å². The molecule has 0 saturated carbocycles. The smallest absolute Gasteiger partial charge is 0.410 e. The second kappa shape index (κ2) is 3.84. The van der Waals surface area contributed by atoms with Crippen LogP contribution < -0.4 is 0 Å². The molecule has 5 nitrogen and oxygen atoms in total. The summed E-state index contributed by atoms with van der Waals surface area (Å²) in [7, 11) is 1.63. The van der Waals surface area contributed by atoms with Crippen LogP contribution in [0.4, 0.5) is 4.79 Å². The highest BCUT2D eigenvalue weighted by molar-refractivity contribution is 5.82. The lowest BCUT2D eigenvalue weighted by molar-refractivity contribution is 0.0213. The van der Waals surface area contributed by atoms with Gasteiger partial charge in [-0.05, 0) is 20.8 Å². The van der Waals surface area contributed by atoms with E-state index in [-0.39, 0.29) is 6.09 Å². The van der Waals surface area contributed by atoms with Gasteiger partial charge in [0, 0.05) is 25.1 Å². The van der Waals surface area contributed by atoms with Crippen molar-refractivity contribution in [2.75, 3.05) is 20.2 Å². The molecule has 0 aromatic rings. The van der Waals surface area contributed by atoms with E-state index < -0.39 is 11.2 Å². The quantitative estimate of drug-likeness (QED) is 0.697. The van der Waals surface area contributed by atoms with Crippen molar-refractivity contribution in [2.45, 2.75) is 32.0 Å². The summed E-state index contributed by atoms with van der Waals surface area (Å²) in [5.74, 6) is 0. The number of carbonyl (C=O) groups excluding carboxylic acids is 1. The van der Waals surface area contributed by atoms with Crippen molar-refractivity contribution >= 4 is 12.3 Å². The number of aliphatic imine (C=N–C) groups is 1. The third kappa shape index (κ3) is 2.20. The van der Waals surface area contributed by atoms with Crippen molar-refractivity contribution in [2.24, 2.45) is 4.99 Å². The van der Waals surface area contributed by atoms with Crippen LogP contribution in [0.15, 0.2) is 16.8 Å². The molecule has 94 valence electrons. The zero-order valence-corrected chi connectivity index (χ0v) is 10.7. The zero-order valence-electron chi connectivity index (χ0n) is 10.7. The fraction of sp³-hybridized carbons (Fsp3) is 0.667. The molecule has 0 aromatic heterocycles. The number of likely N-dealkylation sites (tertiary alicyclic amines) is 1. The number of methoxy groups -OCH3 is 1. The molecule has 0 aliphatic carbocycles. The van der Waals surface area contributed by atoms with E-state index in [0.717, 1.165) is 5.57 Å². The lowest BCUT2D eigenvalue weighted by Gasteiger charge is -2.25. The highest BCUT2D eigenvalue weighted by Gasteiger charge is 2.46. The molecule has 1 fully saturated rings. The fourth-order valence-corrected chi connectivity index (χ4v) is 2.01. The van der Waals surface area contributed by atoms with Gasteiger partial charge in [-0.1, -0.05) is 0 Å². The van der Waals surface area contributed by atoms with Crippen molar-refractivity contribution in [1.29, 1.82) is 0 Å². The summed E-state index contributed by atoms with van der Waals surface area (Å²) < 4.78 is 10.8. The zero-order chi connectivity index (χ0) is 12.7. The van der Waals surface area contributed by atoms with E-state index in [1.807, 2.05) is 20.8 Å². The molecule has 17 heavy (non-hydrogen) atoms. The van der Waals surface area contributed by atoms with Gasteiger partial charge in [0.2, 0.25) is 0 Å². The lowest BCUT2D eigenvalue weighted by atomic mass is 10.0. The van der Waals surface area contributed by atoms with Gasteiger partial charge in [-0.2, -0.15) is 0 Å². The Bertz CT molecular complexity index is 395. The summed E-state index contributed by atoms with van der Waals surface area (Å²) in [5, 5.41) is 0. The number of hydrogen-bond donors (Lipinski definition) is 0. The largest absolute Gasteiger partial charge is 0.444 e. The summed E-state index contributed by atoms with van der Waals surface area (Å²) >= 11 is 0. The molecular formula is C12H18N2O3. The number of carbonyl (C=O) groups is 1. The summed E-state index contributed by atoms with van der Waals surface area (Å²) in [6, 6.07) is 0. The van der Waals surface area contributed by atoms with Crippen molar-refractivity contribution in [3.63, 3.8) is 0 Å². The molecule has 2 aliphatic rings. The normalized spacial score (nSPS) is 27.1. The molecule has 1 amide bonds. The van der Waals surface area contributed by atoms with Crippen LogP contribution >= 0.6 is 0 Å². The van der Waals surface area contributed by atoms with Gasteiger partial charge in [0.25, 0.3) is 0 Å². The van der Waals surface area contributed by atoms with Gasteiger partial charge in [-0.3, -0.25) is 4.99 Å². The Morgan fingerprint density at radius 1 is 1.53 bits per heavy atom. The average molecular weight is 238 g/mol. The third-order valence-corrected chi connectivity index (χ3v) is 2.86. The van der Waals surface area contributed by atoms with Crippen LogP contribution in [0, 0.1) is 0 Å². The number of ether oxygens (including phenoxy) is 2. The van der Waals surface area contributed by atoms with E-state index in [4.69, 9.17) is 9.47 Å². The number of rotatable bonds is 1. The first-order chi connectivity index (χ1) is 7.86. The van der Waals surface area contributed by atoms with Gasteiger partial charge >= 0.3 is 6.09 Å². The molecule has 1 saturated heterocycles. The molecule has 1 atom stereocenters. The maximum absolute atomic E-state index is 11.9. The van der Waals surface area contributed by atoms with Crippen LogP contribution in [0.1, 0.15) is 20.8 Å². The second-order valence-corrected chi connectivity index (χ2v) is 5.36. The topological polar surface area (TPSA) is 51.1 Å². The number of fused-ring (bicyclic) bond motifs is 1. The Hall–Kier alpha value is -1.36. The first-order valence-electron chi connectivity index (χ1n) is 5.63. The highest BCUT2D eigenvalue weighted by Crippen LogP contribution is 2.32. The number of hydrogen-bond acceptors (Lipinski definition) is 4. The van der Waals surface area contributed by atoms with E-state index in [9.17, 15) is 4.79 Å². The van der Waals surface area contributed by atoms with Gasteiger partial charge in [0.1, 0.15) is 11.2 Å². The van der Waals surface area contributed by atoms with Crippen LogP contribution in [0.25, 0.3) is 0 Å². The van der Waals surface area contributed by atoms with E-state index in [0.29, 0.717) is 13.1 Å². The predicted molar refractivity (Wildman–Crippen MR) is 64.1 cm³/mol. The van der Waals surface area contributed by atoms with E-state index in [2.05, 4.69) is 4.99 Å². The average Bonchev–Trinajstić information content (AvgIpc) is 2.70. The van der Waals surface area contributed by atoms with Gasteiger partial charge in [0.05, 0.1) is 13.1 Å². The standard InChI is InChI=1S/C12H18N2O3/c1-11(2,3)17-10(15)14-6-9-5-13-7-12(9,8-14)16-4/h5,7H,6,8H2,1-4H3. The number of amides is 1. The molecule has 0 bridgehead atoms. The summed E-state index contributed by atoms with van der Waals surface area (Å²) in [4.78, 5) is 17.7. The predicted octanol–water partition coefficient (Wildman–Crippen LogP) is 1.59. The molecule has 0 N–H and O–H groups in total. The summed E-state index contributed by atoms with van der Waals surface area (Å²) in [6.07, 6.45) is 3.19. The molecule has 2 heterocycles. The maximum Gasteiger partial charge on any atom is 0.410 e. The van der Waals surface area contributed by atoms with E-state index in [1.54, 1.807) is 24.4 Å². The van der Waals surface area contributed by atoms with Gasteiger partial charge in [-0.15, -0.1) is 0 Å². The molecule has 0 radical (unpaired) electrons. The Morgan fingerprint density at radius 2 is 2.24 bits per heavy atom. The van der Waals surface area contributed by atoms with Crippen molar-refractivity contribution < 1.29 is 14.3 Å². The SMILES string of the molecule is COC12C=NC=C1CN(C(=O)OC(C)(C)C)C2. The van der Waals surface area contributed by atoms with E-state index >= 15 is 0 Å². The Labute approximate surface area is 101 Å². The van der Waals surface area contributed by atoms with Crippen LogP contribution in [0.3, 0.4) is 0 Å². The summed E-state index contributed by atoms with van der Waals surface area (Å²) in [6.45, 7) is 6.55. The molecule has 5 heteroatoms. The molecular weight excluding hydrogens is 220 g/mol. The van der Waals surface area contributed by atoms with Crippen molar-refractivity contribution in [3.8, 4) is 0 Å². The minimum atomic E-state index is -0.531. The Morgan fingerprint density at radius 3 is 2.76 bits per heavy atom. The minimum absolute atomic E-state index is 0.308. The van der Waals surface area contributed by atoms with Crippen LogP contribution in [-0.4, -0.2) is 48.6 Å². The molecule has 2 aliphatic heterocycles. The van der Waals surface area contributed by atoms with Gasteiger partial charge in [-0.25, -0.2) is 4.79 Å². The third-order valence-electron chi connectivity index (χ3n) is 2.86. The molecule has 2 rings (SSSR count). The fourth-order valence-electron chi connectivity index (χ4n) is 2.01. The van der Waals surface area contributed by atoms with Crippen LogP contribution in [-0.2, 0) is 9.47 Å². The van der Waals surface area contributed by atoms with Crippen molar-refractivity contribution in [3.05, 3.63) is 11.8 Å². The molecule has 0 spiro atoms. The Balaban J connectivity index is 2.06. The Kier molecular flexibility index (Phi) is 2.73. The molecule has 0 aromatic carbocycles. The lowest BCUT2D eigenvalue weighted by Crippen LogP contribution is -2.40.